The Bertz CT molecular complexity index is 1460. The first-order chi connectivity index (χ1) is 18.8. The highest BCUT2D eigenvalue weighted by molar-refractivity contribution is 6.42. The highest BCUT2D eigenvalue weighted by Crippen LogP contribution is 2.26. The summed E-state index contributed by atoms with van der Waals surface area (Å²) in [4.78, 5) is 41.1. The molecule has 0 aliphatic carbocycles. The summed E-state index contributed by atoms with van der Waals surface area (Å²) >= 11 is 11.9. The van der Waals surface area contributed by atoms with Crippen molar-refractivity contribution in [3.05, 3.63) is 112 Å². The minimum Gasteiger partial charge on any atom is -0.481 e. The molecule has 1 atom stereocenters. The molecule has 1 heterocycles. The topological polar surface area (TPSA) is 108 Å². The van der Waals surface area contributed by atoms with Gasteiger partial charge in [0, 0.05) is 29.4 Å². The minimum absolute atomic E-state index is 0.0618. The SMILES string of the molecule is O=C(Nc1ccc(Cl)c(Cl)c1)Nc1ccc(-c2ccc(C(=O)CC(CCc3ccccc3)C(=O)O)cc2)cn1. The van der Waals surface area contributed by atoms with Gasteiger partial charge in [-0.2, -0.15) is 0 Å². The quantitative estimate of drug-likeness (QED) is 0.173. The number of aromatic nitrogens is 1. The van der Waals surface area contributed by atoms with E-state index in [1.807, 2.05) is 30.3 Å². The Kier molecular flexibility index (Phi) is 9.31. The molecule has 0 fully saturated rings. The maximum atomic E-state index is 12.8. The van der Waals surface area contributed by atoms with E-state index in [4.69, 9.17) is 23.2 Å². The molecule has 4 aromatic rings. The molecule has 4 rings (SSSR count). The molecule has 7 nitrogen and oxygen atoms in total. The summed E-state index contributed by atoms with van der Waals surface area (Å²) in [6.45, 7) is 0. The monoisotopic (exact) mass is 561 g/mol. The lowest BCUT2D eigenvalue weighted by atomic mass is 9.92. The summed E-state index contributed by atoms with van der Waals surface area (Å²) in [7, 11) is 0. The van der Waals surface area contributed by atoms with Crippen molar-refractivity contribution in [1.29, 1.82) is 0 Å². The Morgan fingerprint density at radius 1 is 0.821 bits per heavy atom. The number of carbonyl (C=O) groups excluding carboxylic acids is 2. The Morgan fingerprint density at radius 2 is 1.54 bits per heavy atom. The lowest BCUT2D eigenvalue weighted by molar-refractivity contribution is -0.141. The van der Waals surface area contributed by atoms with Crippen LogP contribution in [0, 0.1) is 5.92 Å². The Hall–Kier alpha value is -4.20. The molecule has 3 aromatic carbocycles. The second kappa shape index (κ2) is 13.0. The average Bonchev–Trinajstić information content (AvgIpc) is 2.94. The molecule has 0 aliphatic heterocycles. The number of Topliss-reactive ketones (excluding diaryl/α,β-unsaturated/α-hetero) is 1. The lowest BCUT2D eigenvalue weighted by Crippen LogP contribution is -2.20. The van der Waals surface area contributed by atoms with Crippen LogP contribution in [0.5, 0.6) is 0 Å². The van der Waals surface area contributed by atoms with E-state index in [1.54, 1.807) is 60.8 Å². The number of aliphatic carboxylic acids is 1. The van der Waals surface area contributed by atoms with Crippen LogP contribution in [-0.2, 0) is 11.2 Å². The number of ketones is 1. The number of anilines is 2. The third-order valence-electron chi connectivity index (χ3n) is 6.13. The summed E-state index contributed by atoms with van der Waals surface area (Å²) in [5, 5.41) is 15.6. The smallest absolute Gasteiger partial charge is 0.324 e. The lowest BCUT2D eigenvalue weighted by Gasteiger charge is -2.12. The van der Waals surface area contributed by atoms with E-state index in [2.05, 4.69) is 15.6 Å². The first-order valence-electron chi connectivity index (χ1n) is 12.2. The van der Waals surface area contributed by atoms with Crippen molar-refractivity contribution < 1.29 is 19.5 Å². The number of amides is 2. The first-order valence-corrected chi connectivity index (χ1v) is 12.9. The summed E-state index contributed by atoms with van der Waals surface area (Å²) in [5.74, 6) is -1.59. The van der Waals surface area contributed by atoms with Crippen LogP contribution in [0.25, 0.3) is 11.1 Å². The van der Waals surface area contributed by atoms with Gasteiger partial charge in [-0.3, -0.25) is 14.9 Å². The minimum atomic E-state index is -0.971. The number of nitrogens with zero attached hydrogens (tertiary/aromatic N) is 1. The number of hydrogen-bond donors (Lipinski definition) is 3. The van der Waals surface area contributed by atoms with Crippen LogP contribution in [0.1, 0.15) is 28.8 Å². The van der Waals surface area contributed by atoms with Crippen LogP contribution in [0.2, 0.25) is 10.0 Å². The van der Waals surface area contributed by atoms with E-state index >= 15 is 0 Å². The molecular formula is C30H25Cl2N3O4. The molecule has 3 N–H and O–H groups in total. The molecular weight excluding hydrogens is 537 g/mol. The van der Waals surface area contributed by atoms with Crippen LogP contribution in [0.15, 0.2) is 91.1 Å². The number of aryl methyl sites for hydroxylation is 1. The molecule has 9 heteroatoms. The predicted molar refractivity (Wildman–Crippen MR) is 154 cm³/mol. The van der Waals surface area contributed by atoms with E-state index in [1.165, 1.54) is 0 Å². The number of pyridine rings is 1. The van der Waals surface area contributed by atoms with Crippen molar-refractivity contribution in [3.63, 3.8) is 0 Å². The Morgan fingerprint density at radius 3 is 2.18 bits per heavy atom. The Balaban J connectivity index is 1.33. The molecule has 1 unspecified atom stereocenters. The number of benzene rings is 3. The Labute approximate surface area is 235 Å². The molecule has 0 aliphatic rings. The van der Waals surface area contributed by atoms with Crippen LogP contribution >= 0.6 is 23.2 Å². The number of rotatable bonds is 10. The number of carbonyl (C=O) groups is 3. The third kappa shape index (κ3) is 7.89. The fourth-order valence-corrected chi connectivity index (χ4v) is 4.28. The van der Waals surface area contributed by atoms with Crippen molar-refractivity contribution in [2.24, 2.45) is 5.92 Å². The van der Waals surface area contributed by atoms with Gasteiger partial charge in [0.25, 0.3) is 0 Å². The number of carboxylic acids is 1. The van der Waals surface area contributed by atoms with Gasteiger partial charge < -0.3 is 10.4 Å². The highest BCUT2D eigenvalue weighted by Gasteiger charge is 2.22. The average molecular weight is 562 g/mol. The molecule has 0 radical (unpaired) electrons. The maximum Gasteiger partial charge on any atom is 0.324 e. The van der Waals surface area contributed by atoms with Gasteiger partial charge in [0.2, 0.25) is 0 Å². The van der Waals surface area contributed by atoms with Gasteiger partial charge in [-0.1, -0.05) is 77.8 Å². The fraction of sp³-hybridized carbons (Fsp3) is 0.133. The van der Waals surface area contributed by atoms with E-state index in [0.29, 0.717) is 40.0 Å². The zero-order chi connectivity index (χ0) is 27.8. The first kappa shape index (κ1) is 27.8. The summed E-state index contributed by atoms with van der Waals surface area (Å²) in [6.07, 6.45) is 2.53. The molecule has 39 heavy (non-hydrogen) atoms. The molecule has 1 aromatic heterocycles. The summed E-state index contributed by atoms with van der Waals surface area (Å²) in [5.41, 5.74) is 3.59. The van der Waals surface area contributed by atoms with Gasteiger partial charge in [0.05, 0.1) is 16.0 Å². The highest BCUT2D eigenvalue weighted by atomic mass is 35.5. The van der Waals surface area contributed by atoms with Crippen molar-refractivity contribution >= 4 is 52.5 Å². The van der Waals surface area contributed by atoms with Gasteiger partial charge >= 0.3 is 12.0 Å². The zero-order valence-electron chi connectivity index (χ0n) is 20.7. The number of hydrogen-bond acceptors (Lipinski definition) is 4. The molecule has 0 saturated carbocycles. The van der Waals surface area contributed by atoms with Gasteiger partial charge in [0.15, 0.2) is 5.78 Å². The number of urea groups is 1. The van der Waals surface area contributed by atoms with E-state index in [0.717, 1.165) is 16.7 Å². The van der Waals surface area contributed by atoms with Crippen LogP contribution < -0.4 is 10.6 Å². The second-order valence-electron chi connectivity index (χ2n) is 8.90. The normalized spacial score (nSPS) is 11.4. The van der Waals surface area contributed by atoms with E-state index < -0.39 is 17.9 Å². The van der Waals surface area contributed by atoms with Crippen molar-refractivity contribution in [2.45, 2.75) is 19.3 Å². The van der Waals surface area contributed by atoms with E-state index in [9.17, 15) is 19.5 Å². The molecule has 2 amide bonds. The second-order valence-corrected chi connectivity index (χ2v) is 9.72. The molecule has 0 saturated heterocycles. The van der Waals surface area contributed by atoms with Crippen molar-refractivity contribution in [2.75, 3.05) is 10.6 Å². The number of nitrogens with one attached hydrogen (secondary N) is 2. The van der Waals surface area contributed by atoms with E-state index in [-0.39, 0.29) is 12.2 Å². The van der Waals surface area contributed by atoms with Crippen LogP contribution in [0.3, 0.4) is 0 Å². The van der Waals surface area contributed by atoms with Crippen LogP contribution in [-0.4, -0.2) is 27.9 Å². The summed E-state index contributed by atoms with van der Waals surface area (Å²) < 4.78 is 0. The molecule has 0 bridgehead atoms. The van der Waals surface area contributed by atoms with Crippen molar-refractivity contribution in [1.82, 2.24) is 4.98 Å². The fourth-order valence-electron chi connectivity index (χ4n) is 3.98. The predicted octanol–water partition coefficient (Wildman–Crippen LogP) is 7.61. The van der Waals surface area contributed by atoms with Gasteiger partial charge in [-0.15, -0.1) is 0 Å². The van der Waals surface area contributed by atoms with Gasteiger partial charge in [-0.25, -0.2) is 9.78 Å². The van der Waals surface area contributed by atoms with Gasteiger partial charge in [-0.05, 0) is 54.3 Å². The standard InChI is InChI=1S/C30H25Cl2N3O4/c31-25-14-13-24(17-26(25)32)34-30(39)35-28-15-12-23(18-33-28)20-8-10-21(11-9-20)27(36)16-22(29(37)38)7-6-19-4-2-1-3-5-19/h1-5,8-15,17-18,22H,6-7,16H2,(H,37,38)(H2,33,34,35,39). The molecule has 0 spiro atoms. The van der Waals surface area contributed by atoms with Crippen LogP contribution in [0.4, 0.5) is 16.3 Å². The largest absolute Gasteiger partial charge is 0.481 e. The van der Waals surface area contributed by atoms with Crippen molar-refractivity contribution in [3.8, 4) is 11.1 Å². The third-order valence-corrected chi connectivity index (χ3v) is 6.87. The number of carboxylic acid groups (broad SMARTS) is 1. The number of halogens is 2. The zero-order valence-corrected chi connectivity index (χ0v) is 22.2. The summed E-state index contributed by atoms with van der Waals surface area (Å²) in [6, 6.07) is 24.3. The van der Waals surface area contributed by atoms with Gasteiger partial charge in [0.1, 0.15) is 5.82 Å². The molecule has 198 valence electrons. The maximum absolute atomic E-state index is 12.8.